The van der Waals surface area contributed by atoms with Gasteiger partial charge in [0, 0.05) is 22.0 Å². The van der Waals surface area contributed by atoms with Crippen molar-refractivity contribution < 1.29 is 0 Å². The summed E-state index contributed by atoms with van der Waals surface area (Å²) >= 11 is 6.98. The highest BCUT2D eigenvalue weighted by Gasteiger charge is 2.23. The van der Waals surface area contributed by atoms with E-state index in [-0.39, 0.29) is 0 Å². The van der Waals surface area contributed by atoms with Crippen molar-refractivity contribution in [1.29, 1.82) is 0 Å². The fourth-order valence-electron chi connectivity index (χ4n) is 4.60. The summed E-state index contributed by atoms with van der Waals surface area (Å²) in [6, 6.07) is 16.2. The van der Waals surface area contributed by atoms with Gasteiger partial charge in [0.1, 0.15) is 10.1 Å². The zero-order chi connectivity index (χ0) is 32.2. The summed E-state index contributed by atoms with van der Waals surface area (Å²) in [4.78, 5) is 3.22. The van der Waals surface area contributed by atoms with E-state index in [1.165, 1.54) is 0 Å². The molecule has 0 aliphatic carbocycles. The van der Waals surface area contributed by atoms with Crippen LogP contribution in [0.3, 0.4) is 0 Å². The Labute approximate surface area is 291 Å². The molecule has 0 saturated carbocycles. The normalized spacial score (nSPS) is 11.7. The molecule has 4 aromatic heterocycles. The fraction of sp³-hybridized carbons (Fsp3) is 0.333. The first kappa shape index (κ1) is 32.6. The molecule has 0 amide bonds. The van der Waals surface area contributed by atoms with Gasteiger partial charge in [-0.1, -0.05) is 83.8 Å². The van der Waals surface area contributed by atoms with Crippen molar-refractivity contribution in [2.45, 2.75) is 63.9 Å². The minimum absolute atomic E-state index is 0.394. The molecular weight excluding hydrogens is 752 g/mol. The van der Waals surface area contributed by atoms with Crippen LogP contribution in [-0.2, 0) is 26.2 Å². The van der Waals surface area contributed by atoms with Crippen molar-refractivity contribution in [3.05, 3.63) is 81.0 Å². The molecule has 0 saturated heterocycles. The highest BCUT2D eigenvalue weighted by atomic mass is 79.9. The molecule has 0 aliphatic rings. The average molecular weight is 785 g/mol. The van der Waals surface area contributed by atoms with Crippen molar-refractivity contribution in [1.82, 2.24) is 60.0 Å². The lowest BCUT2D eigenvalue weighted by Gasteiger charge is -2.12. The number of benzene rings is 2. The average Bonchev–Trinajstić information content (AvgIpc) is 3.82. The van der Waals surface area contributed by atoms with Gasteiger partial charge in [0.25, 0.3) is 0 Å². The Morgan fingerprint density at radius 1 is 0.609 bits per heavy atom. The van der Waals surface area contributed by atoms with Gasteiger partial charge in [-0.15, -0.1) is 20.4 Å². The zero-order valence-corrected chi connectivity index (χ0v) is 30.5. The van der Waals surface area contributed by atoms with E-state index in [0.29, 0.717) is 36.6 Å². The molecule has 2 aromatic carbocycles. The maximum absolute atomic E-state index is 4.73. The number of rotatable bonds is 13. The largest absolute Gasteiger partial charge is 0.257 e. The maximum Gasteiger partial charge on any atom is 0.209 e. The molecule has 12 nitrogen and oxygen atoms in total. The van der Waals surface area contributed by atoms with E-state index in [9.17, 15) is 0 Å². The molecule has 0 atom stereocenters. The van der Waals surface area contributed by atoms with Crippen LogP contribution in [-0.4, -0.2) is 60.0 Å². The number of hydrogen-bond donors (Lipinski definition) is 0. The minimum Gasteiger partial charge on any atom is -0.257 e. The summed E-state index contributed by atoms with van der Waals surface area (Å²) in [7, 11) is 3.19. The van der Waals surface area contributed by atoms with Crippen LogP contribution < -0.4 is 0 Å². The molecular formula is C30H32Br2N12S2. The third-order valence-electron chi connectivity index (χ3n) is 6.72. The molecule has 6 rings (SSSR count). The molecule has 0 aliphatic heterocycles. The lowest BCUT2D eigenvalue weighted by atomic mass is 10.2. The van der Waals surface area contributed by atoms with E-state index >= 15 is 0 Å². The van der Waals surface area contributed by atoms with Gasteiger partial charge in [0.05, 0.1) is 36.6 Å². The molecule has 0 unspecified atom stereocenters. The number of tetrazole rings is 2. The second kappa shape index (κ2) is 14.6. The number of halogens is 2. The van der Waals surface area contributed by atoms with E-state index in [1.807, 2.05) is 70.3 Å². The predicted molar refractivity (Wildman–Crippen MR) is 186 cm³/mol. The van der Waals surface area contributed by atoms with E-state index in [4.69, 9.17) is 20.4 Å². The predicted octanol–water partition coefficient (Wildman–Crippen LogP) is 7.12. The standard InChI is InChI=1S/C30H32Br2N12S2/c1-19(2)15-41-29(25(13-33-41)27-35-39-43(37-27)17-21-5-9-23(31)10-6-21)45-46-30-26(14-34-42(30)16-20(3)4)28-36-40-44(38-28)18-22-7-11-24(32)12-8-22/h5-14,19-20H,15-18H2,1-4H3. The number of hydrogen-bond acceptors (Lipinski definition) is 10. The lowest BCUT2D eigenvalue weighted by molar-refractivity contribution is 0.456. The third kappa shape index (κ3) is 7.96. The van der Waals surface area contributed by atoms with Crippen molar-refractivity contribution >= 4 is 53.4 Å². The molecule has 4 heterocycles. The summed E-state index contributed by atoms with van der Waals surface area (Å²) < 4.78 is 6.09. The van der Waals surface area contributed by atoms with E-state index in [0.717, 1.165) is 54.3 Å². The van der Waals surface area contributed by atoms with Crippen LogP contribution in [0, 0.1) is 11.8 Å². The van der Waals surface area contributed by atoms with Crippen molar-refractivity contribution in [3.8, 4) is 22.8 Å². The van der Waals surface area contributed by atoms with Gasteiger partial charge in [-0.05, 0) is 79.2 Å². The highest BCUT2D eigenvalue weighted by molar-refractivity contribution is 9.10. The smallest absolute Gasteiger partial charge is 0.209 e. The van der Waals surface area contributed by atoms with E-state index < -0.39 is 0 Å². The quantitative estimate of drug-likeness (QED) is 0.112. The van der Waals surface area contributed by atoms with E-state index in [1.54, 1.807) is 31.2 Å². The van der Waals surface area contributed by atoms with Crippen molar-refractivity contribution in [3.63, 3.8) is 0 Å². The third-order valence-corrected chi connectivity index (χ3v) is 10.2. The molecule has 46 heavy (non-hydrogen) atoms. The molecule has 0 fully saturated rings. The summed E-state index contributed by atoms with van der Waals surface area (Å²) in [6.07, 6.45) is 3.65. The van der Waals surface area contributed by atoms with Gasteiger partial charge in [-0.3, -0.25) is 9.36 Å². The van der Waals surface area contributed by atoms with Gasteiger partial charge in [0.15, 0.2) is 0 Å². The minimum atomic E-state index is 0.394. The van der Waals surface area contributed by atoms with Gasteiger partial charge < -0.3 is 0 Å². The Balaban J connectivity index is 1.27. The monoisotopic (exact) mass is 782 g/mol. The first-order valence-corrected chi connectivity index (χ1v) is 18.5. The van der Waals surface area contributed by atoms with Crippen LogP contribution in [0.15, 0.2) is 79.9 Å². The molecule has 0 radical (unpaired) electrons. The topological polar surface area (TPSA) is 123 Å². The molecule has 0 N–H and O–H groups in total. The van der Waals surface area contributed by atoms with Crippen LogP contribution in [0.1, 0.15) is 38.8 Å². The maximum atomic E-state index is 4.73. The molecule has 16 heteroatoms. The Bertz CT molecular complexity index is 1750. The first-order chi connectivity index (χ1) is 22.2. The van der Waals surface area contributed by atoms with E-state index in [2.05, 4.69) is 80.2 Å². The van der Waals surface area contributed by atoms with Crippen molar-refractivity contribution in [2.24, 2.45) is 11.8 Å². The van der Waals surface area contributed by atoms with Crippen LogP contribution >= 0.6 is 53.4 Å². The molecule has 6 aromatic rings. The Hall–Kier alpha value is -3.34. The summed E-state index contributed by atoms with van der Waals surface area (Å²) in [5.74, 6) is 1.85. The molecule has 238 valence electrons. The Morgan fingerprint density at radius 3 is 1.37 bits per heavy atom. The SMILES string of the molecule is CC(C)Cn1ncc(-c2nnn(Cc3ccc(Br)cc3)n2)c1SSc1c(-c2nnn(Cc3ccc(Br)cc3)n2)cnn1CC(C)C. The van der Waals surface area contributed by atoms with Crippen LogP contribution in [0.5, 0.6) is 0 Å². The van der Waals surface area contributed by atoms with Crippen LogP contribution in [0.25, 0.3) is 22.8 Å². The van der Waals surface area contributed by atoms with Gasteiger partial charge in [-0.25, -0.2) is 0 Å². The second-order valence-corrected chi connectivity index (χ2v) is 15.5. The van der Waals surface area contributed by atoms with Crippen LogP contribution in [0.4, 0.5) is 0 Å². The fourth-order valence-corrected chi connectivity index (χ4v) is 7.70. The lowest BCUT2D eigenvalue weighted by Crippen LogP contribution is -2.08. The summed E-state index contributed by atoms with van der Waals surface area (Å²) in [5.41, 5.74) is 3.83. The second-order valence-electron chi connectivity index (χ2n) is 11.6. The highest BCUT2D eigenvalue weighted by Crippen LogP contribution is 2.44. The number of nitrogens with zero attached hydrogens (tertiary/aromatic N) is 12. The Kier molecular flexibility index (Phi) is 10.4. The van der Waals surface area contributed by atoms with Crippen LogP contribution in [0.2, 0.25) is 0 Å². The summed E-state index contributed by atoms with van der Waals surface area (Å²) in [6.45, 7) is 11.2. The summed E-state index contributed by atoms with van der Waals surface area (Å²) in [5, 5.41) is 38.3. The molecule has 0 spiro atoms. The van der Waals surface area contributed by atoms with Gasteiger partial charge in [0.2, 0.25) is 11.6 Å². The zero-order valence-electron chi connectivity index (χ0n) is 25.7. The first-order valence-electron chi connectivity index (χ1n) is 14.7. The Morgan fingerprint density at radius 2 is 1.00 bits per heavy atom. The molecule has 0 bridgehead atoms. The number of aromatic nitrogens is 12. The van der Waals surface area contributed by atoms with Gasteiger partial charge >= 0.3 is 0 Å². The van der Waals surface area contributed by atoms with Gasteiger partial charge in [-0.2, -0.15) is 19.8 Å². The van der Waals surface area contributed by atoms with Crippen molar-refractivity contribution in [2.75, 3.05) is 0 Å².